The van der Waals surface area contributed by atoms with Crippen LogP contribution in [0.25, 0.3) is 0 Å². The lowest BCUT2D eigenvalue weighted by molar-refractivity contribution is -0.123. The normalized spacial score (nSPS) is 23.1. The first kappa shape index (κ1) is 20.0. The number of carbonyl (C=O) groups is 1. The van der Waals surface area contributed by atoms with Crippen LogP contribution in [0.2, 0.25) is 0 Å². The summed E-state index contributed by atoms with van der Waals surface area (Å²) in [4.78, 5) is 20.0. The second kappa shape index (κ2) is 7.86. The lowest BCUT2D eigenvalue weighted by atomic mass is 9.85. The Kier molecular flexibility index (Phi) is 5.43. The summed E-state index contributed by atoms with van der Waals surface area (Å²) in [6.07, 6.45) is 3.64. The molecule has 1 saturated carbocycles. The van der Waals surface area contributed by atoms with Crippen molar-refractivity contribution in [2.45, 2.75) is 64.5 Å². The number of hydrogen-bond acceptors (Lipinski definition) is 3. The summed E-state index contributed by atoms with van der Waals surface area (Å²) in [6.45, 7) is 7.55. The van der Waals surface area contributed by atoms with E-state index in [2.05, 4.69) is 19.2 Å². The van der Waals surface area contributed by atoms with Crippen LogP contribution in [0.3, 0.4) is 0 Å². The van der Waals surface area contributed by atoms with Gasteiger partial charge in [0.1, 0.15) is 5.82 Å². The molecule has 29 heavy (non-hydrogen) atoms. The summed E-state index contributed by atoms with van der Waals surface area (Å²) in [7, 11) is 0. The molecule has 1 aromatic heterocycles. The highest BCUT2D eigenvalue weighted by atomic mass is 19.1. The van der Waals surface area contributed by atoms with Crippen molar-refractivity contribution in [3.8, 4) is 0 Å². The van der Waals surface area contributed by atoms with E-state index in [0.717, 1.165) is 42.8 Å². The molecule has 2 aliphatic rings. The van der Waals surface area contributed by atoms with E-state index in [1.165, 1.54) is 6.07 Å². The fourth-order valence-corrected chi connectivity index (χ4v) is 4.68. The molecule has 0 spiro atoms. The number of benzene rings is 1. The number of aromatic nitrogens is 1. The van der Waals surface area contributed by atoms with Crippen LogP contribution in [0.4, 0.5) is 10.1 Å². The molecule has 4 nitrogen and oxygen atoms in total. The highest BCUT2D eigenvalue weighted by Crippen LogP contribution is 2.41. The van der Waals surface area contributed by atoms with E-state index < -0.39 is 0 Å². The molecule has 2 aromatic rings. The number of amides is 1. The maximum absolute atomic E-state index is 13.8. The number of anilines is 1. The van der Waals surface area contributed by atoms with Crippen LogP contribution in [-0.4, -0.2) is 23.5 Å². The summed E-state index contributed by atoms with van der Waals surface area (Å²) in [6, 6.07) is 11.3. The van der Waals surface area contributed by atoms with Crippen molar-refractivity contribution in [1.29, 1.82) is 0 Å². The van der Waals surface area contributed by atoms with Gasteiger partial charge in [-0.25, -0.2) is 4.39 Å². The standard InChI is InChI=1S/C24H30FN3O/c1-16-8-13-21-22(27-16)24(2,3)15-28(21)23(29)17-9-11-19(12-10-17)26-14-18-6-4-5-7-20(18)25/h4-8,13,17,19,26H,9-12,14-15H2,1-3H3. The zero-order valence-electron chi connectivity index (χ0n) is 17.5. The first-order valence-electron chi connectivity index (χ1n) is 10.6. The summed E-state index contributed by atoms with van der Waals surface area (Å²) < 4.78 is 13.8. The van der Waals surface area contributed by atoms with Crippen LogP contribution in [0, 0.1) is 18.7 Å². The van der Waals surface area contributed by atoms with E-state index in [9.17, 15) is 9.18 Å². The monoisotopic (exact) mass is 395 g/mol. The molecule has 0 saturated heterocycles. The summed E-state index contributed by atoms with van der Waals surface area (Å²) in [5.74, 6) is 0.127. The molecule has 2 heterocycles. The van der Waals surface area contributed by atoms with Gasteiger partial charge in [-0.3, -0.25) is 9.78 Å². The lowest BCUT2D eigenvalue weighted by Gasteiger charge is -2.31. The van der Waals surface area contributed by atoms with Crippen molar-refractivity contribution in [2.24, 2.45) is 5.92 Å². The summed E-state index contributed by atoms with van der Waals surface area (Å²) in [5, 5.41) is 3.47. The molecule has 5 heteroatoms. The van der Waals surface area contributed by atoms with E-state index in [1.807, 2.05) is 36.1 Å². The van der Waals surface area contributed by atoms with Crippen molar-refractivity contribution in [1.82, 2.24) is 10.3 Å². The molecule has 4 rings (SSSR count). The Balaban J connectivity index is 1.36. The molecule has 0 bridgehead atoms. The van der Waals surface area contributed by atoms with Crippen molar-refractivity contribution < 1.29 is 9.18 Å². The SMILES string of the molecule is Cc1ccc2c(n1)C(C)(C)CN2C(=O)C1CCC(NCc2ccccc2F)CC1. The highest BCUT2D eigenvalue weighted by Gasteiger charge is 2.41. The van der Waals surface area contributed by atoms with Crippen molar-refractivity contribution in [3.05, 3.63) is 59.2 Å². The van der Waals surface area contributed by atoms with E-state index in [-0.39, 0.29) is 23.1 Å². The van der Waals surface area contributed by atoms with Gasteiger partial charge in [-0.05, 0) is 50.8 Å². The predicted molar refractivity (Wildman–Crippen MR) is 113 cm³/mol. The lowest BCUT2D eigenvalue weighted by Crippen LogP contribution is -2.41. The Labute approximate surface area is 172 Å². The van der Waals surface area contributed by atoms with Crippen LogP contribution in [0.1, 0.15) is 56.5 Å². The van der Waals surface area contributed by atoms with Gasteiger partial charge in [-0.15, -0.1) is 0 Å². The number of aryl methyl sites for hydroxylation is 1. The maximum atomic E-state index is 13.8. The Morgan fingerprint density at radius 3 is 2.62 bits per heavy atom. The number of hydrogen-bond donors (Lipinski definition) is 1. The minimum Gasteiger partial charge on any atom is -0.310 e. The highest BCUT2D eigenvalue weighted by molar-refractivity contribution is 5.97. The molecule has 1 aromatic carbocycles. The Morgan fingerprint density at radius 1 is 1.17 bits per heavy atom. The van der Waals surface area contributed by atoms with E-state index in [4.69, 9.17) is 4.98 Å². The minimum atomic E-state index is -0.164. The van der Waals surface area contributed by atoms with Gasteiger partial charge in [-0.2, -0.15) is 0 Å². The Hall–Kier alpha value is -2.27. The molecule has 0 radical (unpaired) electrons. The number of rotatable bonds is 4. The van der Waals surface area contributed by atoms with Crippen molar-refractivity contribution in [2.75, 3.05) is 11.4 Å². The molecule has 0 unspecified atom stereocenters. The second-order valence-electron chi connectivity index (χ2n) is 9.15. The van der Waals surface area contributed by atoms with Gasteiger partial charge < -0.3 is 10.2 Å². The van der Waals surface area contributed by atoms with Crippen molar-refractivity contribution in [3.63, 3.8) is 0 Å². The number of halogens is 1. The average molecular weight is 396 g/mol. The average Bonchev–Trinajstić information content (AvgIpc) is 2.98. The third-order valence-corrected chi connectivity index (χ3v) is 6.38. The Bertz CT molecular complexity index is 903. The second-order valence-corrected chi connectivity index (χ2v) is 9.15. The van der Waals surface area contributed by atoms with Gasteiger partial charge in [0.25, 0.3) is 0 Å². The number of fused-ring (bicyclic) bond motifs is 1. The zero-order valence-corrected chi connectivity index (χ0v) is 17.5. The molecule has 1 aliphatic carbocycles. The van der Waals surface area contributed by atoms with E-state index in [0.29, 0.717) is 24.7 Å². The first-order valence-corrected chi connectivity index (χ1v) is 10.6. The van der Waals surface area contributed by atoms with Crippen LogP contribution in [-0.2, 0) is 16.8 Å². The van der Waals surface area contributed by atoms with Gasteiger partial charge in [0.05, 0.1) is 11.4 Å². The molecule has 154 valence electrons. The van der Waals surface area contributed by atoms with Crippen LogP contribution < -0.4 is 10.2 Å². The molecule has 1 aliphatic heterocycles. The quantitative estimate of drug-likeness (QED) is 0.829. The number of nitrogens with zero attached hydrogens (tertiary/aromatic N) is 2. The number of nitrogens with one attached hydrogen (secondary N) is 1. The largest absolute Gasteiger partial charge is 0.310 e. The summed E-state index contributed by atoms with van der Waals surface area (Å²) in [5.41, 5.74) is 3.59. The number of carbonyl (C=O) groups excluding carboxylic acids is 1. The topological polar surface area (TPSA) is 45.2 Å². The molecular formula is C24H30FN3O. The van der Waals surface area contributed by atoms with Crippen molar-refractivity contribution >= 4 is 11.6 Å². The first-order chi connectivity index (χ1) is 13.8. The van der Waals surface area contributed by atoms with Crippen LogP contribution >= 0.6 is 0 Å². The predicted octanol–water partition coefficient (Wildman–Crippen LogP) is 4.50. The minimum absolute atomic E-state index is 0.0598. The molecular weight excluding hydrogens is 365 g/mol. The van der Waals surface area contributed by atoms with Gasteiger partial charge in [0.2, 0.25) is 5.91 Å². The van der Waals surface area contributed by atoms with Gasteiger partial charge >= 0.3 is 0 Å². The third-order valence-electron chi connectivity index (χ3n) is 6.38. The number of pyridine rings is 1. The maximum Gasteiger partial charge on any atom is 0.230 e. The molecule has 1 fully saturated rings. The molecule has 1 amide bonds. The zero-order chi connectivity index (χ0) is 20.6. The van der Waals surface area contributed by atoms with Gasteiger partial charge in [-0.1, -0.05) is 32.0 Å². The van der Waals surface area contributed by atoms with Gasteiger partial charge in [0, 0.05) is 41.7 Å². The third kappa shape index (κ3) is 4.06. The molecule has 1 N–H and O–H groups in total. The fourth-order valence-electron chi connectivity index (χ4n) is 4.68. The summed E-state index contributed by atoms with van der Waals surface area (Å²) >= 11 is 0. The Morgan fingerprint density at radius 2 is 1.90 bits per heavy atom. The van der Waals surface area contributed by atoms with Crippen LogP contribution in [0.15, 0.2) is 36.4 Å². The van der Waals surface area contributed by atoms with E-state index >= 15 is 0 Å². The van der Waals surface area contributed by atoms with E-state index in [1.54, 1.807) is 6.07 Å². The van der Waals surface area contributed by atoms with Crippen LogP contribution in [0.5, 0.6) is 0 Å². The smallest absolute Gasteiger partial charge is 0.230 e. The molecule has 0 atom stereocenters. The fraction of sp³-hybridized carbons (Fsp3) is 0.500. The van der Waals surface area contributed by atoms with Gasteiger partial charge in [0.15, 0.2) is 0 Å².